The number of amides is 2. The first-order valence-corrected chi connectivity index (χ1v) is 12.8. The van der Waals surface area contributed by atoms with Gasteiger partial charge in [0, 0.05) is 21.7 Å². The predicted molar refractivity (Wildman–Crippen MR) is 143 cm³/mol. The fraction of sp³-hybridized carbons (Fsp3) is 0.0357. The highest BCUT2D eigenvalue weighted by atomic mass is 32.2. The number of anilines is 1. The van der Waals surface area contributed by atoms with Gasteiger partial charge in [-0.25, -0.2) is 4.39 Å². The summed E-state index contributed by atoms with van der Waals surface area (Å²) < 4.78 is 13.1. The maximum atomic E-state index is 13.1. The molecule has 8 heteroatoms. The standard InChI is InChI=1S/C28H21FN2O3S2/c29-22-11-9-20(10-12-22)26(32)18-36-24-8-4-7-23(16-24)30-28(34)25(15-19-13-14-35-17-19)31-27(33)21-5-2-1-3-6-21/h1-17H,18H2,(H,30,34)(H,31,33)/b25-15-. The number of ketones is 1. The van der Waals surface area contributed by atoms with Crippen LogP contribution in [-0.4, -0.2) is 23.4 Å². The van der Waals surface area contributed by atoms with Gasteiger partial charge < -0.3 is 10.6 Å². The lowest BCUT2D eigenvalue weighted by atomic mass is 10.1. The summed E-state index contributed by atoms with van der Waals surface area (Å²) >= 11 is 2.79. The first-order chi connectivity index (χ1) is 17.5. The van der Waals surface area contributed by atoms with E-state index in [-0.39, 0.29) is 17.2 Å². The number of Topliss-reactive ketones (excluding diaryl/α,β-unsaturated/α-hetero) is 1. The van der Waals surface area contributed by atoms with Gasteiger partial charge in [-0.15, -0.1) is 11.8 Å². The lowest BCUT2D eigenvalue weighted by Gasteiger charge is -2.12. The number of rotatable bonds is 9. The van der Waals surface area contributed by atoms with Crippen LogP contribution in [0.4, 0.5) is 10.1 Å². The quantitative estimate of drug-likeness (QED) is 0.156. The SMILES string of the molecule is O=C(Nc1cccc(SCC(=O)c2ccc(F)cc2)c1)/C(=C/c1ccsc1)NC(=O)c1ccccc1. The summed E-state index contributed by atoms with van der Waals surface area (Å²) in [5, 5.41) is 9.28. The van der Waals surface area contributed by atoms with Gasteiger partial charge in [0.1, 0.15) is 11.5 Å². The van der Waals surface area contributed by atoms with Crippen LogP contribution in [0.2, 0.25) is 0 Å². The van der Waals surface area contributed by atoms with Crippen LogP contribution in [0.15, 0.2) is 106 Å². The van der Waals surface area contributed by atoms with E-state index >= 15 is 0 Å². The fourth-order valence-corrected chi connectivity index (χ4v) is 4.66. The maximum absolute atomic E-state index is 13.1. The van der Waals surface area contributed by atoms with Crippen molar-refractivity contribution in [3.63, 3.8) is 0 Å². The number of nitrogens with one attached hydrogen (secondary N) is 2. The molecule has 0 saturated heterocycles. The van der Waals surface area contributed by atoms with Crippen LogP contribution in [0.1, 0.15) is 26.3 Å². The highest BCUT2D eigenvalue weighted by molar-refractivity contribution is 8.00. The molecule has 0 atom stereocenters. The van der Waals surface area contributed by atoms with Crippen molar-refractivity contribution in [2.75, 3.05) is 11.1 Å². The molecule has 0 radical (unpaired) electrons. The highest BCUT2D eigenvalue weighted by Gasteiger charge is 2.15. The third-order valence-electron chi connectivity index (χ3n) is 5.01. The Hall–Kier alpha value is -4.01. The molecule has 36 heavy (non-hydrogen) atoms. The highest BCUT2D eigenvalue weighted by Crippen LogP contribution is 2.23. The molecule has 0 spiro atoms. The van der Waals surface area contributed by atoms with Gasteiger partial charge in [0.15, 0.2) is 5.78 Å². The third-order valence-corrected chi connectivity index (χ3v) is 6.71. The predicted octanol–water partition coefficient (Wildman–Crippen LogP) is 6.27. The number of halogens is 1. The second-order valence-corrected chi connectivity index (χ2v) is 9.46. The summed E-state index contributed by atoms with van der Waals surface area (Å²) in [5.41, 5.74) is 2.29. The van der Waals surface area contributed by atoms with E-state index in [1.807, 2.05) is 29.0 Å². The number of carbonyl (C=O) groups excluding carboxylic acids is 3. The molecule has 0 unspecified atom stereocenters. The van der Waals surface area contributed by atoms with Crippen LogP contribution < -0.4 is 10.6 Å². The number of benzene rings is 3. The molecule has 1 aromatic heterocycles. The molecule has 5 nitrogen and oxygen atoms in total. The molecule has 0 aliphatic rings. The third kappa shape index (κ3) is 7.00. The first kappa shape index (κ1) is 25.1. The molecule has 180 valence electrons. The van der Waals surface area contributed by atoms with Gasteiger partial charge >= 0.3 is 0 Å². The Morgan fingerprint density at radius 1 is 0.889 bits per heavy atom. The summed E-state index contributed by atoms with van der Waals surface area (Å²) in [4.78, 5) is 39.0. The number of hydrogen-bond donors (Lipinski definition) is 2. The largest absolute Gasteiger partial charge is 0.321 e. The second kappa shape index (κ2) is 12.1. The summed E-state index contributed by atoms with van der Waals surface area (Å²) in [6, 6.07) is 23.0. The minimum absolute atomic E-state index is 0.104. The molecule has 2 N–H and O–H groups in total. The van der Waals surface area contributed by atoms with Crippen LogP contribution in [0.5, 0.6) is 0 Å². The van der Waals surface area contributed by atoms with Crippen molar-refractivity contribution in [2.24, 2.45) is 0 Å². The molecule has 3 aromatic carbocycles. The van der Waals surface area contributed by atoms with Crippen molar-refractivity contribution in [1.29, 1.82) is 0 Å². The topological polar surface area (TPSA) is 75.3 Å². The van der Waals surface area contributed by atoms with Crippen molar-refractivity contribution < 1.29 is 18.8 Å². The lowest BCUT2D eigenvalue weighted by Crippen LogP contribution is -2.30. The van der Waals surface area contributed by atoms with E-state index < -0.39 is 17.6 Å². The maximum Gasteiger partial charge on any atom is 0.272 e. The van der Waals surface area contributed by atoms with Crippen LogP contribution in [0.25, 0.3) is 6.08 Å². The van der Waals surface area contributed by atoms with Crippen molar-refractivity contribution >= 4 is 52.5 Å². The summed E-state index contributed by atoms with van der Waals surface area (Å²) in [7, 11) is 0. The van der Waals surface area contributed by atoms with Gasteiger partial charge in [0.2, 0.25) is 0 Å². The monoisotopic (exact) mass is 516 g/mol. The molecule has 4 aromatic rings. The van der Waals surface area contributed by atoms with E-state index in [1.54, 1.807) is 48.5 Å². The molecule has 0 bridgehead atoms. The van der Waals surface area contributed by atoms with E-state index in [4.69, 9.17) is 0 Å². The molecule has 2 amide bonds. The van der Waals surface area contributed by atoms with E-state index in [1.165, 1.54) is 47.4 Å². The molecular weight excluding hydrogens is 495 g/mol. The average molecular weight is 517 g/mol. The number of carbonyl (C=O) groups is 3. The molecule has 0 aliphatic heterocycles. The zero-order valence-electron chi connectivity index (χ0n) is 18.9. The molecular formula is C28H21FN2O3S2. The summed E-state index contributed by atoms with van der Waals surface area (Å²) in [5.74, 6) is -1.22. The first-order valence-electron chi connectivity index (χ1n) is 10.9. The number of thiophene rings is 1. The Bertz CT molecular complexity index is 1390. The normalized spacial score (nSPS) is 11.1. The van der Waals surface area contributed by atoms with E-state index in [0.29, 0.717) is 16.8 Å². The van der Waals surface area contributed by atoms with Gasteiger partial charge in [-0.05, 0) is 83.1 Å². The molecule has 4 rings (SSSR count). The van der Waals surface area contributed by atoms with Crippen molar-refractivity contribution in [3.8, 4) is 0 Å². The smallest absolute Gasteiger partial charge is 0.272 e. The Balaban J connectivity index is 1.44. The van der Waals surface area contributed by atoms with Crippen LogP contribution in [0, 0.1) is 5.82 Å². The Kier molecular flexibility index (Phi) is 8.44. The molecule has 0 aliphatic carbocycles. The Labute approximate surface area is 216 Å². The zero-order valence-corrected chi connectivity index (χ0v) is 20.6. The van der Waals surface area contributed by atoms with Gasteiger partial charge in [-0.3, -0.25) is 14.4 Å². The van der Waals surface area contributed by atoms with Gasteiger partial charge in [0.05, 0.1) is 5.75 Å². The van der Waals surface area contributed by atoms with Crippen molar-refractivity contribution in [1.82, 2.24) is 5.32 Å². The lowest BCUT2D eigenvalue weighted by molar-refractivity contribution is -0.113. The second-order valence-electron chi connectivity index (χ2n) is 7.64. The Morgan fingerprint density at radius 2 is 1.67 bits per heavy atom. The van der Waals surface area contributed by atoms with Gasteiger partial charge in [-0.1, -0.05) is 24.3 Å². The van der Waals surface area contributed by atoms with Crippen LogP contribution in [-0.2, 0) is 4.79 Å². The van der Waals surface area contributed by atoms with Crippen molar-refractivity contribution in [3.05, 3.63) is 124 Å². The Morgan fingerprint density at radius 3 is 2.39 bits per heavy atom. The van der Waals surface area contributed by atoms with Gasteiger partial charge in [-0.2, -0.15) is 11.3 Å². The van der Waals surface area contributed by atoms with Gasteiger partial charge in [0.25, 0.3) is 11.8 Å². The number of thioether (sulfide) groups is 1. The molecule has 0 saturated carbocycles. The zero-order chi connectivity index (χ0) is 25.3. The van der Waals surface area contributed by atoms with E-state index in [9.17, 15) is 18.8 Å². The van der Waals surface area contributed by atoms with E-state index in [2.05, 4.69) is 10.6 Å². The van der Waals surface area contributed by atoms with Crippen LogP contribution in [0.3, 0.4) is 0 Å². The summed E-state index contributed by atoms with van der Waals surface area (Å²) in [6.45, 7) is 0. The minimum atomic E-state index is -0.477. The summed E-state index contributed by atoms with van der Waals surface area (Å²) in [6.07, 6.45) is 1.62. The molecule has 1 heterocycles. The average Bonchev–Trinajstić information content (AvgIpc) is 3.41. The number of hydrogen-bond acceptors (Lipinski definition) is 5. The van der Waals surface area contributed by atoms with Crippen molar-refractivity contribution in [2.45, 2.75) is 4.90 Å². The fourth-order valence-electron chi connectivity index (χ4n) is 3.20. The van der Waals surface area contributed by atoms with E-state index in [0.717, 1.165) is 10.5 Å². The van der Waals surface area contributed by atoms with Crippen LogP contribution >= 0.6 is 23.1 Å². The molecule has 0 fully saturated rings. The minimum Gasteiger partial charge on any atom is -0.321 e.